The summed E-state index contributed by atoms with van der Waals surface area (Å²) in [5, 5.41) is 0. The first-order valence-corrected chi connectivity index (χ1v) is 5.99. The molecule has 1 aromatic rings. The fourth-order valence-electron chi connectivity index (χ4n) is 1.54. The maximum Gasteiger partial charge on any atom is 0.419 e. The Bertz CT molecular complexity index is 527. The number of halogens is 4. The van der Waals surface area contributed by atoms with Gasteiger partial charge < -0.3 is 5.73 Å². The summed E-state index contributed by atoms with van der Waals surface area (Å²) in [5.74, 6) is -1.96. The number of carbonyl (C=O) groups is 1. The highest BCUT2D eigenvalue weighted by molar-refractivity contribution is 6.01. The molecule has 0 amide bonds. The van der Waals surface area contributed by atoms with Gasteiger partial charge in [0.25, 0.3) is 0 Å². The van der Waals surface area contributed by atoms with Crippen molar-refractivity contribution < 1.29 is 22.4 Å². The predicted octanol–water partition coefficient (Wildman–Crippen LogP) is 3.79. The van der Waals surface area contributed by atoms with E-state index in [-0.39, 0.29) is 5.56 Å². The minimum absolute atomic E-state index is 0.206. The van der Waals surface area contributed by atoms with Crippen molar-refractivity contribution in [1.82, 2.24) is 0 Å². The predicted molar refractivity (Wildman–Crippen MR) is 67.8 cm³/mol. The van der Waals surface area contributed by atoms with Gasteiger partial charge in [0.1, 0.15) is 5.82 Å². The standard InChI is InChI=1S/C14H17F4NO/c1-12(2,13(3,4)19)11(20)8-5-6-10(15)9(7-8)14(16,17)18/h5-7H,19H2,1-4H3. The molecule has 2 nitrogen and oxygen atoms in total. The van der Waals surface area contributed by atoms with E-state index < -0.39 is 34.3 Å². The van der Waals surface area contributed by atoms with Gasteiger partial charge in [-0.1, -0.05) is 13.8 Å². The molecule has 0 fully saturated rings. The Kier molecular flexibility index (Phi) is 4.02. The molecular formula is C14H17F4NO. The van der Waals surface area contributed by atoms with Crippen LogP contribution in [0.15, 0.2) is 18.2 Å². The molecule has 0 saturated heterocycles. The highest BCUT2D eigenvalue weighted by atomic mass is 19.4. The molecule has 20 heavy (non-hydrogen) atoms. The lowest BCUT2D eigenvalue weighted by Gasteiger charge is -2.37. The first-order valence-electron chi connectivity index (χ1n) is 5.99. The Morgan fingerprint density at radius 2 is 1.60 bits per heavy atom. The van der Waals surface area contributed by atoms with Crippen LogP contribution in [-0.4, -0.2) is 11.3 Å². The lowest BCUT2D eigenvalue weighted by atomic mass is 9.70. The Balaban J connectivity index is 3.33. The van der Waals surface area contributed by atoms with Crippen molar-refractivity contribution >= 4 is 5.78 Å². The number of ketones is 1. The van der Waals surface area contributed by atoms with Crippen molar-refractivity contribution in [2.75, 3.05) is 0 Å². The zero-order chi connectivity index (χ0) is 15.9. The van der Waals surface area contributed by atoms with Gasteiger partial charge in [0.15, 0.2) is 5.78 Å². The number of nitrogens with two attached hydrogens (primary N) is 1. The van der Waals surface area contributed by atoms with Crippen LogP contribution in [0.3, 0.4) is 0 Å². The Morgan fingerprint density at radius 3 is 2.00 bits per heavy atom. The zero-order valence-corrected chi connectivity index (χ0v) is 11.7. The number of alkyl halides is 3. The van der Waals surface area contributed by atoms with Gasteiger partial charge in [0, 0.05) is 16.5 Å². The monoisotopic (exact) mass is 291 g/mol. The van der Waals surface area contributed by atoms with Crippen molar-refractivity contribution in [3.63, 3.8) is 0 Å². The third kappa shape index (κ3) is 3.00. The van der Waals surface area contributed by atoms with Gasteiger partial charge in [-0.2, -0.15) is 13.2 Å². The minimum Gasteiger partial charge on any atom is -0.325 e. The van der Waals surface area contributed by atoms with Crippen LogP contribution in [0.1, 0.15) is 43.6 Å². The van der Waals surface area contributed by atoms with Crippen molar-refractivity contribution in [3.8, 4) is 0 Å². The van der Waals surface area contributed by atoms with E-state index in [0.717, 1.165) is 6.07 Å². The van der Waals surface area contributed by atoms with E-state index in [2.05, 4.69) is 0 Å². The maximum atomic E-state index is 13.2. The summed E-state index contributed by atoms with van der Waals surface area (Å²) in [4.78, 5) is 12.3. The Hall–Kier alpha value is -1.43. The van der Waals surface area contributed by atoms with Crippen LogP contribution in [0.25, 0.3) is 0 Å². The van der Waals surface area contributed by atoms with E-state index in [1.54, 1.807) is 27.7 Å². The molecule has 0 aromatic heterocycles. The Labute approximate surface area is 115 Å². The molecule has 0 unspecified atom stereocenters. The van der Waals surface area contributed by atoms with E-state index in [1.807, 2.05) is 0 Å². The van der Waals surface area contributed by atoms with E-state index in [1.165, 1.54) is 0 Å². The molecule has 0 aliphatic carbocycles. The van der Waals surface area contributed by atoms with Gasteiger partial charge in [-0.3, -0.25) is 4.79 Å². The zero-order valence-electron chi connectivity index (χ0n) is 11.7. The highest BCUT2D eigenvalue weighted by Gasteiger charge is 2.42. The van der Waals surface area contributed by atoms with Crippen molar-refractivity contribution in [2.24, 2.45) is 11.1 Å². The quantitative estimate of drug-likeness (QED) is 0.680. The lowest BCUT2D eigenvalue weighted by molar-refractivity contribution is -0.140. The van der Waals surface area contributed by atoms with Crippen LogP contribution in [-0.2, 0) is 6.18 Å². The third-order valence-electron chi connectivity index (χ3n) is 3.71. The third-order valence-corrected chi connectivity index (χ3v) is 3.71. The molecule has 6 heteroatoms. The minimum atomic E-state index is -4.84. The van der Waals surface area contributed by atoms with Crippen molar-refractivity contribution in [2.45, 2.75) is 39.4 Å². The molecule has 0 atom stereocenters. The average molecular weight is 291 g/mol. The first-order chi connectivity index (χ1) is 8.78. The van der Waals surface area contributed by atoms with Crippen LogP contribution in [0.4, 0.5) is 17.6 Å². The van der Waals surface area contributed by atoms with E-state index in [0.29, 0.717) is 12.1 Å². The topological polar surface area (TPSA) is 43.1 Å². The summed E-state index contributed by atoms with van der Waals surface area (Å²) in [6.45, 7) is 6.32. The molecule has 1 aromatic carbocycles. The fraction of sp³-hybridized carbons (Fsp3) is 0.500. The normalized spacial score (nSPS) is 13.4. The van der Waals surface area contributed by atoms with E-state index >= 15 is 0 Å². The van der Waals surface area contributed by atoms with E-state index in [9.17, 15) is 22.4 Å². The summed E-state index contributed by atoms with van der Waals surface area (Å²) in [6, 6.07) is 2.22. The maximum absolute atomic E-state index is 13.2. The molecule has 0 saturated carbocycles. The molecule has 0 bridgehead atoms. The summed E-state index contributed by atoms with van der Waals surface area (Å²) in [7, 11) is 0. The highest BCUT2D eigenvalue weighted by Crippen LogP contribution is 2.36. The Morgan fingerprint density at radius 1 is 1.10 bits per heavy atom. The van der Waals surface area contributed by atoms with Crippen LogP contribution in [0.5, 0.6) is 0 Å². The second-order valence-electron chi connectivity index (χ2n) is 5.87. The summed E-state index contributed by atoms with van der Waals surface area (Å²) >= 11 is 0. The van der Waals surface area contributed by atoms with Gasteiger partial charge in [-0.15, -0.1) is 0 Å². The molecule has 2 N–H and O–H groups in total. The van der Waals surface area contributed by atoms with Gasteiger partial charge >= 0.3 is 6.18 Å². The smallest absolute Gasteiger partial charge is 0.325 e. The number of rotatable bonds is 3. The molecule has 0 aliphatic rings. The van der Waals surface area contributed by atoms with Crippen LogP contribution in [0, 0.1) is 11.2 Å². The van der Waals surface area contributed by atoms with E-state index in [4.69, 9.17) is 5.73 Å². The number of hydrogen-bond acceptors (Lipinski definition) is 2. The summed E-state index contributed by atoms with van der Waals surface area (Å²) in [6.07, 6.45) is -4.84. The van der Waals surface area contributed by atoms with Gasteiger partial charge in [-0.25, -0.2) is 4.39 Å². The lowest BCUT2D eigenvalue weighted by Crippen LogP contribution is -2.51. The average Bonchev–Trinajstić information content (AvgIpc) is 2.25. The molecule has 0 radical (unpaired) electrons. The van der Waals surface area contributed by atoms with Crippen LogP contribution < -0.4 is 5.73 Å². The molecule has 0 aliphatic heterocycles. The SMILES string of the molecule is CC(C)(N)C(C)(C)C(=O)c1ccc(F)c(C(F)(F)F)c1. The number of hydrogen-bond donors (Lipinski definition) is 1. The second kappa shape index (κ2) is 4.84. The van der Waals surface area contributed by atoms with Crippen LogP contribution in [0.2, 0.25) is 0 Å². The first kappa shape index (κ1) is 16.6. The molecule has 0 heterocycles. The second-order valence-corrected chi connectivity index (χ2v) is 5.87. The number of carbonyl (C=O) groups excluding carboxylic acids is 1. The molecule has 112 valence electrons. The van der Waals surface area contributed by atoms with Crippen molar-refractivity contribution in [3.05, 3.63) is 35.1 Å². The fourth-order valence-corrected chi connectivity index (χ4v) is 1.54. The largest absolute Gasteiger partial charge is 0.419 e. The summed E-state index contributed by atoms with van der Waals surface area (Å²) in [5.41, 5.74) is 2.21. The van der Waals surface area contributed by atoms with Crippen molar-refractivity contribution in [1.29, 1.82) is 0 Å². The van der Waals surface area contributed by atoms with Gasteiger partial charge in [0.05, 0.1) is 5.56 Å². The van der Waals surface area contributed by atoms with Crippen LogP contribution >= 0.6 is 0 Å². The molecule has 0 spiro atoms. The number of Topliss-reactive ketones (excluding diaryl/α,β-unsaturated/α-hetero) is 1. The summed E-state index contributed by atoms with van der Waals surface area (Å²) < 4.78 is 51.1. The van der Waals surface area contributed by atoms with Gasteiger partial charge in [-0.05, 0) is 32.0 Å². The molecule has 1 rings (SSSR count). The number of benzene rings is 1. The van der Waals surface area contributed by atoms with Gasteiger partial charge in [0.2, 0.25) is 0 Å². The molecular weight excluding hydrogens is 274 g/mol.